The SMILES string of the molecule is COc1ccc(CN2C(=O)CC(c3ncc(C)o3)=Cc3ccc(-c4cnn(C5(C(=O)O)CC5)c4)cc32)cc1. The van der Waals surface area contributed by atoms with Crippen LogP contribution in [0.5, 0.6) is 5.75 Å². The van der Waals surface area contributed by atoms with Crippen LogP contribution in [0.25, 0.3) is 22.8 Å². The van der Waals surface area contributed by atoms with Crippen molar-refractivity contribution in [2.75, 3.05) is 12.0 Å². The topological polar surface area (TPSA) is 111 Å². The molecule has 9 heteroatoms. The Hall–Kier alpha value is -4.66. The van der Waals surface area contributed by atoms with E-state index in [9.17, 15) is 14.7 Å². The first-order valence-corrected chi connectivity index (χ1v) is 12.4. The molecule has 0 spiro atoms. The Balaban J connectivity index is 1.41. The number of nitrogens with zero attached hydrogens (tertiary/aromatic N) is 4. The fourth-order valence-electron chi connectivity index (χ4n) is 4.80. The number of hydrogen-bond acceptors (Lipinski definition) is 6. The third-order valence-corrected chi connectivity index (χ3v) is 7.17. The van der Waals surface area contributed by atoms with Crippen LogP contribution in [0, 0.1) is 6.92 Å². The summed E-state index contributed by atoms with van der Waals surface area (Å²) in [7, 11) is 1.62. The smallest absolute Gasteiger partial charge is 0.331 e. The van der Waals surface area contributed by atoms with Crippen LogP contribution in [0.15, 0.2) is 65.5 Å². The maximum Gasteiger partial charge on any atom is 0.331 e. The number of rotatable bonds is 7. The molecule has 192 valence electrons. The van der Waals surface area contributed by atoms with Crippen LogP contribution < -0.4 is 9.64 Å². The number of aliphatic carboxylic acids is 1. The van der Waals surface area contributed by atoms with E-state index in [0.717, 1.165) is 33.7 Å². The van der Waals surface area contributed by atoms with Crippen LogP contribution in [0.3, 0.4) is 0 Å². The van der Waals surface area contributed by atoms with Gasteiger partial charge in [0.25, 0.3) is 0 Å². The summed E-state index contributed by atoms with van der Waals surface area (Å²) in [4.78, 5) is 31.6. The molecule has 1 N–H and O–H groups in total. The Bertz CT molecular complexity index is 1580. The summed E-state index contributed by atoms with van der Waals surface area (Å²) in [6, 6.07) is 13.5. The number of carbonyl (C=O) groups is 2. The number of oxazole rings is 1. The van der Waals surface area contributed by atoms with Crippen molar-refractivity contribution in [1.82, 2.24) is 14.8 Å². The average molecular weight is 511 g/mol. The van der Waals surface area contributed by atoms with Gasteiger partial charge in [-0.2, -0.15) is 5.10 Å². The molecule has 0 bridgehead atoms. The Kier molecular flexibility index (Phi) is 5.63. The lowest BCUT2D eigenvalue weighted by atomic mass is 10.0. The zero-order chi connectivity index (χ0) is 26.4. The number of methoxy groups -OCH3 is 1. The Labute approximate surface area is 219 Å². The van der Waals surface area contributed by atoms with Gasteiger partial charge >= 0.3 is 5.97 Å². The number of aryl methyl sites for hydroxylation is 1. The minimum absolute atomic E-state index is 0.0858. The van der Waals surface area contributed by atoms with E-state index in [-0.39, 0.29) is 12.3 Å². The van der Waals surface area contributed by atoms with E-state index < -0.39 is 11.5 Å². The summed E-state index contributed by atoms with van der Waals surface area (Å²) in [5, 5.41) is 14.0. The zero-order valence-electron chi connectivity index (χ0n) is 21.0. The first-order valence-electron chi connectivity index (χ1n) is 12.4. The van der Waals surface area contributed by atoms with Gasteiger partial charge in [0.05, 0.1) is 38.2 Å². The van der Waals surface area contributed by atoms with E-state index >= 15 is 0 Å². The van der Waals surface area contributed by atoms with Crippen molar-refractivity contribution in [2.24, 2.45) is 0 Å². The summed E-state index contributed by atoms with van der Waals surface area (Å²) >= 11 is 0. The molecule has 9 nitrogen and oxygen atoms in total. The lowest BCUT2D eigenvalue weighted by molar-refractivity contribution is -0.142. The molecule has 0 radical (unpaired) electrons. The Morgan fingerprint density at radius 2 is 1.92 bits per heavy atom. The third-order valence-electron chi connectivity index (χ3n) is 7.17. The highest BCUT2D eigenvalue weighted by atomic mass is 16.5. The van der Waals surface area contributed by atoms with E-state index in [1.165, 1.54) is 0 Å². The van der Waals surface area contributed by atoms with Crippen molar-refractivity contribution in [3.63, 3.8) is 0 Å². The minimum Gasteiger partial charge on any atom is -0.497 e. The summed E-state index contributed by atoms with van der Waals surface area (Å²) < 4.78 is 12.6. The van der Waals surface area contributed by atoms with Gasteiger partial charge in [-0.05, 0) is 60.7 Å². The van der Waals surface area contributed by atoms with Gasteiger partial charge in [0.1, 0.15) is 11.5 Å². The van der Waals surface area contributed by atoms with E-state index in [4.69, 9.17) is 9.15 Å². The van der Waals surface area contributed by atoms with E-state index in [1.54, 1.807) is 35.3 Å². The lowest BCUT2D eigenvalue weighted by Crippen LogP contribution is -2.30. The summed E-state index contributed by atoms with van der Waals surface area (Å²) in [6.45, 7) is 2.19. The molecule has 2 aromatic heterocycles. The van der Waals surface area contributed by atoms with Crippen molar-refractivity contribution in [3.05, 3.63) is 83.8 Å². The quantitative estimate of drug-likeness (QED) is 0.376. The molecule has 1 amide bonds. The van der Waals surface area contributed by atoms with Crippen LogP contribution in [0.1, 0.15) is 42.0 Å². The molecule has 2 aliphatic rings. The molecule has 0 atom stereocenters. The van der Waals surface area contributed by atoms with Gasteiger partial charge in [0.15, 0.2) is 5.54 Å². The van der Waals surface area contributed by atoms with Gasteiger partial charge in [-0.25, -0.2) is 9.78 Å². The second kappa shape index (κ2) is 9.02. The summed E-state index contributed by atoms with van der Waals surface area (Å²) in [5.41, 5.74) is 3.94. The minimum atomic E-state index is -0.952. The molecule has 3 heterocycles. The van der Waals surface area contributed by atoms with Crippen molar-refractivity contribution in [3.8, 4) is 16.9 Å². The predicted octanol–water partition coefficient (Wildman–Crippen LogP) is 4.91. The van der Waals surface area contributed by atoms with Gasteiger partial charge in [-0.15, -0.1) is 0 Å². The van der Waals surface area contributed by atoms with Gasteiger partial charge in [-0.1, -0.05) is 24.3 Å². The maximum absolute atomic E-state index is 13.7. The fraction of sp³-hybridized carbons (Fsp3) is 0.241. The Morgan fingerprint density at radius 1 is 1.13 bits per heavy atom. The normalized spacial score (nSPS) is 16.0. The van der Waals surface area contributed by atoms with Gasteiger partial charge < -0.3 is 19.2 Å². The average Bonchev–Trinajstić information content (AvgIpc) is 3.43. The van der Waals surface area contributed by atoms with Crippen molar-refractivity contribution in [1.29, 1.82) is 0 Å². The van der Waals surface area contributed by atoms with Crippen LogP contribution in [-0.2, 0) is 21.7 Å². The molecule has 1 saturated carbocycles. The van der Waals surface area contributed by atoms with Gasteiger partial charge in [-0.3, -0.25) is 9.48 Å². The van der Waals surface area contributed by atoms with Crippen molar-refractivity contribution >= 4 is 29.2 Å². The molecule has 1 fully saturated rings. The predicted molar refractivity (Wildman–Crippen MR) is 140 cm³/mol. The van der Waals surface area contributed by atoms with Gasteiger partial charge in [0.2, 0.25) is 11.8 Å². The van der Waals surface area contributed by atoms with Crippen molar-refractivity contribution in [2.45, 2.75) is 38.3 Å². The molecular weight excluding hydrogens is 484 g/mol. The number of carboxylic acids is 1. The van der Waals surface area contributed by atoms with Crippen LogP contribution in [0.4, 0.5) is 5.69 Å². The number of carboxylic acid groups (broad SMARTS) is 1. The largest absolute Gasteiger partial charge is 0.497 e. The number of benzene rings is 2. The number of anilines is 1. The van der Waals surface area contributed by atoms with Crippen LogP contribution in [-0.4, -0.2) is 38.9 Å². The zero-order valence-corrected chi connectivity index (χ0v) is 21.0. The molecule has 0 saturated heterocycles. The second-order valence-electron chi connectivity index (χ2n) is 9.73. The molecule has 1 aliphatic carbocycles. The summed E-state index contributed by atoms with van der Waals surface area (Å²) in [5.74, 6) is 0.896. The first-order chi connectivity index (χ1) is 18.4. The third kappa shape index (κ3) is 4.15. The molecule has 6 rings (SSSR count). The number of amides is 1. The monoisotopic (exact) mass is 510 g/mol. The number of ether oxygens (including phenoxy) is 1. The standard InChI is InChI=1S/C29H26N4O5/c1-18-14-30-27(38-18)22-11-21-6-5-20(23-15-31-33(17-23)29(9-10-29)28(35)36)12-25(21)32(26(34)13-22)16-19-3-7-24(37-2)8-4-19/h3-8,11-12,14-15,17H,9-10,13,16H2,1-2H3,(H,35,36). The number of carbonyl (C=O) groups excluding carboxylic acids is 1. The van der Waals surface area contributed by atoms with Crippen molar-refractivity contribution < 1.29 is 23.8 Å². The highest BCUT2D eigenvalue weighted by molar-refractivity contribution is 6.06. The second-order valence-corrected chi connectivity index (χ2v) is 9.73. The maximum atomic E-state index is 13.7. The van der Waals surface area contributed by atoms with Gasteiger partial charge in [0, 0.05) is 17.3 Å². The first kappa shape index (κ1) is 23.7. The molecule has 0 unspecified atom stereocenters. The van der Waals surface area contributed by atoms with E-state index in [2.05, 4.69) is 10.1 Å². The Morgan fingerprint density at radius 3 is 2.58 bits per heavy atom. The number of aromatic nitrogens is 3. The highest BCUT2D eigenvalue weighted by Gasteiger charge is 2.53. The molecule has 4 aromatic rings. The number of hydrogen-bond donors (Lipinski definition) is 1. The lowest BCUT2D eigenvalue weighted by Gasteiger charge is -2.24. The van der Waals surface area contributed by atoms with E-state index in [1.807, 2.05) is 55.5 Å². The van der Waals surface area contributed by atoms with Crippen LogP contribution in [0.2, 0.25) is 0 Å². The highest BCUT2D eigenvalue weighted by Crippen LogP contribution is 2.44. The fourth-order valence-corrected chi connectivity index (χ4v) is 4.80. The molecular formula is C29H26N4O5. The summed E-state index contributed by atoms with van der Waals surface area (Å²) in [6.07, 6.45) is 8.30. The van der Waals surface area contributed by atoms with E-state index in [0.29, 0.717) is 36.6 Å². The number of fused-ring (bicyclic) bond motifs is 1. The molecule has 38 heavy (non-hydrogen) atoms. The molecule has 1 aliphatic heterocycles. The van der Waals surface area contributed by atoms with Crippen LogP contribution >= 0.6 is 0 Å². The molecule has 2 aromatic carbocycles.